The first kappa shape index (κ1) is 20.9. The molecule has 0 aromatic heterocycles. The van der Waals surface area contributed by atoms with Gasteiger partial charge in [-0.25, -0.2) is 9.59 Å². The summed E-state index contributed by atoms with van der Waals surface area (Å²) in [6, 6.07) is 13.0. The first-order chi connectivity index (χ1) is 13.5. The number of hydrogen-bond acceptors (Lipinski definition) is 6. The molecule has 0 fully saturated rings. The molecule has 2 aromatic rings. The second-order valence-corrected chi connectivity index (χ2v) is 5.91. The van der Waals surface area contributed by atoms with E-state index in [9.17, 15) is 14.4 Å². The zero-order valence-electron chi connectivity index (χ0n) is 15.8. The SMILES string of the molecule is CCCCOC(=O)/C=C/c1cccc(OC(=O)c2ccccc2OC(C)=O)c1. The zero-order chi connectivity index (χ0) is 20.4. The minimum Gasteiger partial charge on any atom is -0.463 e. The molecule has 2 aromatic carbocycles. The van der Waals surface area contributed by atoms with Gasteiger partial charge in [-0.3, -0.25) is 4.79 Å². The van der Waals surface area contributed by atoms with Crippen molar-refractivity contribution in [1.29, 1.82) is 0 Å². The van der Waals surface area contributed by atoms with Gasteiger partial charge in [-0.15, -0.1) is 0 Å². The van der Waals surface area contributed by atoms with E-state index in [0.29, 0.717) is 17.9 Å². The fourth-order valence-electron chi connectivity index (χ4n) is 2.25. The minimum atomic E-state index is -0.656. The highest BCUT2D eigenvalue weighted by Gasteiger charge is 2.15. The molecule has 0 spiro atoms. The summed E-state index contributed by atoms with van der Waals surface area (Å²) in [5, 5.41) is 0. The summed E-state index contributed by atoms with van der Waals surface area (Å²) in [5.41, 5.74) is 0.809. The van der Waals surface area contributed by atoms with Crippen molar-refractivity contribution in [3.8, 4) is 11.5 Å². The fourth-order valence-corrected chi connectivity index (χ4v) is 2.25. The zero-order valence-corrected chi connectivity index (χ0v) is 15.8. The smallest absolute Gasteiger partial charge is 0.347 e. The van der Waals surface area contributed by atoms with Crippen molar-refractivity contribution in [2.75, 3.05) is 6.61 Å². The van der Waals surface area contributed by atoms with Crippen molar-refractivity contribution in [2.45, 2.75) is 26.7 Å². The van der Waals surface area contributed by atoms with Gasteiger partial charge >= 0.3 is 17.9 Å². The number of rotatable bonds is 8. The molecule has 146 valence electrons. The summed E-state index contributed by atoms with van der Waals surface area (Å²) in [6.45, 7) is 3.66. The molecule has 0 saturated heterocycles. The van der Waals surface area contributed by atoms with E-state index in [4.69, 9.17) is 14.2 Å². The number of para-hydroxylation sites is 1. The maximum absolute atomic E-state index is 12.4. The Labute approximate surface area is 163 Å². The number of hydrogen-bond donors (Lipinski definition) is 0. The third-order valence-corrected chi connectivity index (χ3v) is 3.58. The number of benzene rings is 2. The number of carbonyl (C=O) groups is 3. The molecule has 0 bridgehead atoms. The molecular weight excluding hydrogens is 360 g/mol. The van der Waals surface area contributed by atoms with Crippen molar-refractivity contribution in [1.82, 2.24) is 0 Å². The van der Waals surface area contributed by atoms with Crippen LogP contribution in [0, 0.1) is 0 Å². The van der Waals surface area contributed by atoms with Gasteiger partial charge in [0, 0.05) is 13.0 Å². The molecule has 6 nitrogen and oxygen atoms in total. The van der Waals surface area contributed by atoms with Gasteiger partial charge in [0.2, 0.25) is 0 Å². The highest BCUT2D eigenvalue weighted by atomic mass is 16.6. The van der Waals surface area contributed by atoms with E-state index < -0.39 is 17.9 Å². The van der Waals surface area contributed by atoms with Crippen LogP contribution in [0.15, 0.2) is 54.6 Å². The second kappa shape index (κ2) is 10.7. The van der Waals surface area contributed by atoms with Crippen LogP contribution in [0.5, 0.6) is 11.5 Å². The molecular formula is C22H22O6. The highest BCUT2D eigenvalue weighted by Crippen LogP contribution is 2.22. The summed E-state index contributed by atoms with van der Waals surface area (Å²) in [7, 11) is 0. The normalized spacial score (nSPS) is 10.5. The Morgan fingerprint density at radius 3 is 2.54 bits per heavy atom. The van der Waals surface area contributed by atoms with E-state index >= 15 is 0 Å². The molecule has 0 unspecified atom stereocenters. The van der Waals surface area contributed by atoms with E-state index in [1.807, 2.05) is 6.92 Å². The lowest BCUT2D eigenvalue weighted by molar-refractivity contribution is -0.137. The topological polar surface area (TPSA) is 78.9 Å². The van der Waals surface area contributed by atoms with Crippen LogP contribution in [0.3, 0.4) is 0 Å². The van der Waals surface area contributed by atoms with Gasteiger partial charge in [-0.05, 0) is 42.3 Å². The molecule has 6 heteroatoms. The van der Waals surface area contributed by atoms with E-state index in [2.05, 4.69) is 0 Å². The molecule has 0 aliphatic heterocycles. The Morgan fingerprint density at radius 2 is 1.79 bits per heavy atom. The van der Waals surface area contributed by atoms with Crippen LogP contribution in [-0.2, 0) is 14.3 Å². The van der Waals surface area contributed by atoms with Crippen molar-refractivity contribution >= 4 is 24.0 Å². The molecule has 0 amide bonds. The Morgan fingerprint density at radius 1 is 1.00 bits per heavy atom. The number of unbranched alkanes of at least 4 members (excludes halogenated alkanes) is 1. The van der Waals surface area contributed by atoms with Crippen LogP contribution < -0.4 is 9.47 Å². The number of carbonyl (C=O) groups excluding carboxylic acids is 3. The predicted octanol–water partition coefficient (Wildman–Crippen LogP) is 4.19. The quantitative estimate of drug-likeness (QED) is 0.295. The Balaban J connectivity index is 2.06. The van der Waals surface area contributed by atoms with E-state index in [1.165, 1.54) is 25.1 Å². The maximum Gasteiger partial charge on any atom is 0.347 e. The van der Waals surface area contributed by atoms with Gasteiger partial charge in [0.15, 0.2) is 0 Å². The van der Waals surface area contributed by atoms with Crippen LogP contribution in [0.25, 0.3) is 6.08 Å². The summed E-state index contributed by atoms with van der Waals surface area (Å²) < 4.78 is 15.4. The van der Waals surface area contributed by atoms with Gasteiger partial charge in [0.05, 0.1) is 6.61 Å². The van der Waals surface area contributed by atoms with Crippen LogP contribution >= 0.6 is 0 Å². The van der Waals surface area contributed by atoms with Gasteiger partial charge < -0.3 is 14.2 Å². The average molecular weight is 382 g/mol. The van der Waals surface area contributed by atoms with Crippen LogP contribution in [0.1, 0.15) is 42.6 Å². The van der Waals surface area contributed by atoms with Gasteiger partial charge in [0.1, 0.15) is 17.1 Å². The molecule has 0 radical (unpaired) electrons. The van der Waals surface area contributed by atoms with Gasteiger partial charge in [-0.1, -0.05) is 37.6 Å². The molecule has 2 rings (SSSR count). The van der Waals surface area contributed by atoms with Gasteiger partial charge in [0.25, 0.3) is 0 Å². The van der Waals surface area contributed by atoms with Crippen LogP contribution in [0.4, 0.5) is 0 Å². The molecule has 28 heavy (non-hydrogen) atoms. The lowest BCUT2D eigenvalue weighted by Gasteiger charge is -2.09. The monoisotopic (exact) mass is 382 g/mol. The van der Waals surface area contributed by atoms with E-state index in [1.54, 1.807) is 42.5 Å². The standard InChI is InChI=1S/C22H22O6/c1-3-4-14-26-21(24)13-12-17-8-7-9-18(15-17)28-22(25)19-10-5-6-11-20(19)27-16(2)23/h5-13,15H,3-4,14H2,1-2H3/b13-12+. The first-order valence-corrected chi connectivity index (χ1v) is 8.94. The lowest BCUT2D eigenvalue weighted by Crippen LogP contribution is -2.12. The Hall–Kier alpha value is -3.41. The third-order valence-electron chi connectivity index (χ3n) is 3.58. The van der Waals surface area contributed by atoms with Crippen molar-refractivity contribution < 1.29 is 28.6 Å². The summed E-state index contributed by atoms with van der Waals surface area (Å²) in [5.74, 6) is -1.18. The number of esters is 3. The first-order valence-electron chi connectivity index (χ1n) is 8.94. The predicted molar refractivity (Wildman–Crippen MR) is 104 cm³/mol. The van der Waals surface area contributed by atoms with E-state index in [-0.39, 0.29) is 11.3 Å². The molecule has 0 saturated carbocycles. The van der Waals surface area contributed by atoms with Gasteiger partial charge in [-0.2, -0.15) is 0 Å². The summed E-state index contributed by atoms with van der Waals surface area (Å²) in [6.07, 6.45) is 4.68. The van der Waals surface area contributed by atoms with Crippen molar-refractivity contribution in [3.63, 3.8) is 0 Å². The maximum atomic E-state index is 12.4. The van der Waals surface area contributed by atoms with Crippen molar-refractivity contribution in [2.24, 2.45) is 0 Å². The number of ether oxygens (including phenoxy) is 3. The average Bonchev–Trinajstić information content (AvgIpc) is 2.67. The summed E-state index contributed by atoms with van der Waals surface area (Å²) >= 11 is 0. The minimum absolute atomic E-state index is 0.130. The molecule has 0 atom stereocenters. The Bertz CT molecular complexity index is 869. The molecule has 0 heterocycles. The van der Waals surface area contributed by atoms with E-state index in [0.717, 1.165) is 12.8 Å². The fraction of sp³-hybridized carbons (Fsp3) is 0.227. The Kier molecular flexibility index (Phi) is 7.96. The van der Waals surface area contributed by atoms with Crippen molar-refractivity contribution in [3.05, 3.63) is 65.7 Å². The summed E-state index contributed by atoms with van der Waals surface area (Å²) in [4.78, 5) is 35.2. The molecule has 0 aliphatic carbocycles. The highest BCUT2D eigenvalue weighted by molar-refractivity contribution is 5.95. The molecule has 0 N–H and O–H groups in total. The van der Waals surface area contributed by atoms with Crippen LogP contribution in [-0.4, -0.2) is 24.5 Å². The largest absolute Gasteiger partial charge is 0.463 e. The molecule has 0 aliphatic rings. The third kappa shape index (κ3) is 6.72. The lowest BCUT2D eigenvalue weighted by atomic mass is 10.2. The van der Waals surface area contributed by atoms with Crippen LogP contribution in [0.2, 0.25) is 0 Å². The second-order valence-electron chi connectivity index (χ2n) is 5.91.